The first-order valence-electron chi connectivity index (χ1n) is 6.38. The molecule has 0 fully saturated rings. The van der Waals surface area contributed by atoms with Crippen molar-refractivity contribution in [3.63, 3.8) is 0 Å². The first-order chi connectivity index (χ1) is 8.80. The Hall–Kier alpha value is -1.27. The molecule has 0 radical (unpaired) electrons. The first kappa shape index (κ1) is 15.8. The van der Waals surface area contributed by atoms with Gasteiger partial charge >= 0.3 is 0 Å². The Bertz CT molecular complexity index is 527. The van der Waals surface area contributed by atoms with Crippen molar-refractivity contribution >= 4 is 21.4 Å². The van der Waals surface area contributed by atoms with E-state index in [4.69, 9.17) is 5.73 Å². The van der Waals surface area contributed by atoms with Gasteiger partial charge in [-0.15, -0.1) is 0 Å². The summed E-state index contributed by atoms with van der Waals surface area (Å²) in [5.41, 5.74) is 6.93. The van der Waals surface area contributed by atoms with Crippen LogP contribution in [-0.2, 0) is 10.0 Å². The molecule has 0 bridgehead atoms. The first-order valence-corrected chi connectivity index (χ1v) is 7.82. The van der Waals surface area contributed by atoms with Crippen LogP contribution in [0.25, 0.3) is 0 Å². The number of para-hydroxylation sites is 1. The summed E-state index contributed by atoms with van der Waals surface area (Å²) in [6.45, 7) is 4.16. The second-order valence-electron chi connectivity index (χ2n) is 4.84. The number of anilines is 2. The smallest absolute Gasteiger partial charge is 0.244 e. The molecular weight excluding hydrogens is 262 g/mol. The van der Waals surface area contributed by atoms with Gasteiger partial charge in [0.1, 0.15) is 4.90 Å². The fourth-order valence-electron chi connectivity index (χ4n) is 1.86. The normalized spacial score (nSPS) is 13.5. The minimum atomic E-state index is -3.51. The summed E-state index contributed by atoms with van der Waals surface area (Å²) in [7, 11) is -0.521. The number of hydrogen-bond donors (Lipinski definition) is 2. The van der Waals surface area contributed by atoms with E-state index in [9.17, 15) is 8.42 Å². The van der Waals surface area contributed by atoms with Gasteiger partial charge < -0.3 is 11.1 Å². The minimum Gasteiger partial charge on any atom is -0.396 e. The van der Waals surface area contributed by atoms with Gasteiger partial charge in [0, 0.05) is 20.1 Å². The van der Waals surface area contributed by atoms with Crippen molar-refractivity contribution in [1.29, 1.82) is 0 Å². The van der Waals surface area contributed by atoms with Gasteiger partial charge in [-0.3, -0.25) is 0 Å². The fraction of sp³-hybridized carbons (Fsp3) is 0.538. The Labute approximate surface area is 115 Å². The standard InChI is InChI=1S/C13H23N3O2S/c1-5-7-10(2)15-11-8-6-9-12(13(11)14)19(17,18)16(3)4/h6,8-10,15H,5,7,14H2,1-4H3. The molecule has 3 N–H and O–H groups in total. The van der Waals surface area contributed by atoms with Gasteiger partial charge in [-0.1, -0.05) is 19.4 Å². The number of nitrogen functional groups attached to an aromatic ring is 1. The lowest BCUT2D eigenvalue weighted by molar-refractivity contribution is 0.521. The van der Waals surface area contributed by atoms with Gasteiger partial charge in [0.05, 0.1) is 11.4 Å². The molecule has 108 valence electrons. The second-order valence-corrected chi connectivity index (χ2v) is 6.96. The van der Waals surface area contributed by atoms with Crippen LogP contribution in [0.3, 0.4) is 0 Å². The highest BCUT2D eigenvalue weighted by Crippen LogP contribution is 2.28. The summed E-state index contributed by atoms with van der Waals surface area (Å²) >= 11 is 0. The number of nitrogens with zero attached hydrogens (tertiary/aromatic N) is 1. The molecule has 1 unspecified atom stereocenters. The number of nitrogens with one attached hydrogen (secondary N) is 1. The summed E-state index contributed by atoms with van der Waals surface area (Å²) < 4.78 is 25.4. The summed E-state index contributed by atoms with van der Waals surface area (Å²) in [4.78, 5) is 0.145. The van der Waals surface area contributed by atoms with Gasteiger partial charge in [0.15, 0.2) is 0 Å². The number of hydrogen-bond acceptors (Lipinski definition) is 4. The third-order valence-corrected chi connectivity index (χ3v) is 4.82. The Morgan fingerprint density at radius 2 is 2.00 bits per heavy atom. The molecule has 1 aromatic carbocycles. The summed E-state index contributed by atoms with van der Waals surface area (Å²) in [5, 5.41) is 3.25. The maximum Gasteiger partial charge on any atom is 0.244 e. The van der Waals surface area contributed by atoms with E-state index in [1.165, 1.54) is 20.2 Å². The molecule has 6 heteroatoms. The Kier molecular flexibility index (Phi) is 5.20. The van der Waals surface area contributed by atoms with Crippen LogP contribution < -0.4 is 11.1 Å². The van der Waals surface area contributed by atoms with Crippen LogP contribution in [0.2, 0.25) is 0 Å². The monoisotopic (exact) mass is 285 g/mol. The average Bonchev–Trinajstić information content (AvgIpc) is 2.31. The third-order valence-electron chi connectivity index (χ3n) is 2.95. The molecule has 0 saturated carbocycles. The lowest BCUT2D eigenvalue weighted by Gasteiger charge is -2.19. The molecule has 0 aromatic heterocycles. The Morgan fingerprint density at radius 3 is 2.53 bits per heavy atom. The largest absolute Gasteiger partial charge is 0.396 e. The van der Waals surface area contributed by atoms with Crippen LogP contribution in [0.5, 0.6) is 0 Å². The molecule has 1 atom stereocenters. The van der Waals surface area contributed by atoms with Crippen LogP contribution in [0.1, 0.15) is 26.7 Å². The van der Waals surface area contributed by atoms with E-state index in [-0.39, 0.29) is 16.6 Å². The molecule has 1 aromatic rings. The van der Waals surface area contributed by atoms with E-state index in [0.717, 1.165) is 17.1 Å². The number of nitrogens with two attached hydrogens (primary N) is 1. The zero-order valence-electron chi connectivity index (χ0n) is 12.0. The number of benzene rings is 1. The molecule has 0 saturated heterocycles. The highest BCUT2D eigenvalue weighted by atomic mass is 32.2. The van der Waals surface area contributed by atoms with E-state index < -0.39 is 10.0 Å². The molecule has 0 spiro atoms. The van der Waals surface area contributed by atoms with Gasteiger partial charge in [-0.05, 0) is 25.5 Å². The number of sulfonamides is 1. The Balaban J connectivity index is 3.13. The summed E-state index contributed by atoms with van der Waals surface area (Å²) in [6, 6.07) is 5.29. The molecule has 0 aliphatic carbocycles. The van der Waals surface area contributed by atoms with E-state index in [0.29, 0.717) is 5.69 Å². The third kappa shape index (κ3) is 3.61. The second kappa shape index (κ2) is 6.25. The van der Waals surface area contributed by atoms with Crippen molar-refractivity contribution < 1.29 is 8.42 Å². The Morgan fingerprint density at radius 1 is 1.37 bits per heavy atom. The van der Waals surface area contributed by atoms with Crippen molar-refractivity contribution in [2.45, 2.75) is 37.6 Å². The molecule has 1 rings (SSSR count). The zero-order chi connectivity index (χ0) is 14.6. The van der Waals surface area contributed by atoms with Crippen LogP contribution in [-0.4, -0.2) is 32.9 Å². The minimum absolute atomic E-state index is 0.145. The van der Waals surface area contributed by atoms with Crippen LogP contribution in [0.15, 0.2) is 23.1 Å². The van der Waals surface area contributed by atoms with Gasteiger partial charge in [-0.2, -0.15) is 0 Å². The van der Waals surface area contributed by atoms with E-state index in [1.807, 2.05) is 0 Å². The van der Waals surface area contributed by atoms with Crippen LogP contribution >= 0.6 is 0 Å². The summed E-state index contributed by atoms with van der Waals surface area (Å²) in [5.74, 6) is 0. The lowest BCUT2D eigenvalue weighted by Crippen LogP contribution is -2.24. The molecular formula is C13H23N3O2S. The van der Waals surface area contributed by atoms with Crippen molar-refractivity contribution in [1.82, 2.24) is 4.31 Å². The maximum atomic E-state index is 12.1. The van der Waals surface area contributed by atoms with Crippen LogP contribution in [0, 0.1) is 0 Å². The molecule has 0 heterocycles. The predicted octanol–water partition coefficient (Wildman–Crippen LogP) is 2.12. The topological polar surface area (TPSA) is 75.4 Å². The maximum absolute atomic E-state index is 12.1. The number of rotatable bonds is 6. The quantitative estimate of drug-likeness (QED) is 0.785. The molecule has 19 heavy (non-hydrogen) atoms. The molecule has 0 aliphatic rings. The van der Waals surface area contributed by atoms with E-state index >= 15 is 0 Å². The average molecular weight is 285 g/mol. The summed E-state index contributed by atoms with van der Waals surface area (Å²) in [6.07, 6.45) is 2.06. The van der Waals surface area contributed by atoms with Crippen molar-refractivity contribution in [2.24, 2.45) is 0 Å². The van der Waals surface area contributed by atoms with Crippen LogP contribution in [0.4, 0.5) is 11.4 Å². The highest BCUT2D eigenvalue weighted by Gasteiger charge is 2.21. The van der Waals surface area contributed by atoms with E-state index in [2.05, 4.69) is 19.2 Å². The zero-order valence-corrected chi connectivity index (χ0v) is 12.8. The van der Waals surface area contributed by atoms with Gasteiger partial charge in [0.25, 0.3) is 0 Å². The van der Waals surface area contributed by atoms with Gasteiger partial charge in [-0.25, -0.2) is 12.7 Å². The predicted molar refractivity (Wildman–Crippen MR) is 79.7 cm³/mol. The van der Waals surface area contributed by atoms with E-state index in [1.54, 1.807) is 12.1 Å². The van der Waals surface area contributed by atoms with Crippen molar-refractivity contribution in [2.75, 3.05) is 25.1 Å². The van der Waals surface area contributed by atoms with Crippen molar-refractivity contribution in [3.05, 3.63) is 18.2 Å². The molecule has 0 aliphatic heterocycles. The fourth-order valence-corrected chi connectivity index (χ4v) is 2.89. The van der Waals surface area contributed by atoms with Gasteiger partial charge in [0.2, 0.25) is 10.0 Å². The lowest BCUT2D eigenvalue weighted by atomic mass is 10.2. The molecule has 5 nitrogen and oxygen atoms in total. The highest BCUT2D eigenvalue weighted by molar-refractivity contribution is 7.89. The molecule has 0 amide bonds. The SMILES string of the molecule is CCCC(C)Nc1cccc(S(=O)(=O)N(C)C)c1N. The van der Waals surface area contributed by atoms with Crippen molar-refractivity contribution in [3.8, 4) is 0 Å².